The van der Waals surface area contributed by atoms with E-state index in [-0.39, 0.29) is 5.82 Å². The summed E-state index contributed by atoms with van der Waals surface area (Å²) in [7, 11) is 0. The number of benzene rings is 1. The minimum absolute atomic E-state index is 0.239. The van der Waals surface area contributed by atoms with Crippen LogP contribution in [0, 0.1) is 5.82 Å². The molecule has 2 nitrogen and oxygen atoms in total. The molecule has 0 saturated carbocycles. The van der Waals surface area contributed by atoms with Gasteiger partial charge in [0, 0.05) is 18.3 Å². The number of anilines is 1. The maximum atomic E-state index is 13.2. The Balaban J connectivity index is 2.00. The molecule has 1 aromatic rings. The molecule has 0 aliphatic carbocycles. The molecule has 1 aromatic carbocycles. The Morgan fingerprint density at radius 2 is 2.33 bits per heavy atom. The number of hydrogen-bond donors (Lipinski definition) is 1. The van der Waals surface area contributed by atoms with Crippen LogP contribution in [0.1, 0.15) is 12.8 Å². The van der Waals surface area contributed by atoms with E-state index in [0.717, 1.165) is 25.1 Å². The van der Waals surface area contributed by atoms with Gasteiger partial charge in [0.25, 0.3) is 0 Å². The molecular formula is C11H13BrFNO. The molecule has 0 aromatic heterocycles. The first-order valence-corrected chi connectivity index (χ1v) is 5.84. The van der Waals surface area contributed by atoms with Gasteiger partial charge in [0.15, 0.2) is 0 Å². The van der Waals surface area contributed by atoms with E-state index in [1.165, 1.54) is 6.07 Å². The molecule has 1 aliphatic heterocycles. The lowest BCUT2D eigenvalue weighted by atomic mass is 10.1. The maximum absolute atomic E-state index is 13.2. The van der Waals surface area contributed by atoms with Crippen molar-refractivity contribution >= 4 is 21.6 Å². The summed E-state index contributed by atoms with van der Waals surface area (Å²) in [6, 6.07) is 5.38. The van der Waals surface area contributed by atoms with Gasteiger partial charge in [-0.05, 0) is 47.0 Å². The monoisotopic (exact) mass is 273 g/mol. The highest BCUT2D eigenvalue weighted by molar-refractivity contribution is 9.10. The Hall–Kier alpha value is -0.610. The second kappa shape index (κ2) is 4.94. The van der Waals surface area contributed by atoms with Gasteiger partial charge in [0.1, 0.15) is 5.82 Å². The summed E-state index contributed by atoms with van der Waals surface area (Å²) in [5, 5.41) is 3.26. The van der Waals surface area contributed by atoms with Crippen LogP contribution < -0.4 is 5.32 Å². The van der Waals surface area contributed by atoms with Crippen molar-refractivity contribution in [3.05, 3.63) is 28.5 Å². The number of hydrogen-bond acceptors (Lipinski definition) is 2. The number of ether oxygens (including phenoxy) is 1. The van der Waals surface area contributed by atoms with Gasteiger partial charge in [-0.1, -0.05) is 0 Å². The molecule has 0 spiro atoms. The molecule has 82 valence electrons. The average Bonchev–Trinajstić information content (AvgIpc) is 2.25. The highest BCUT2D eigenvalue weighted by Gasteiger charge is 2.13. The predicted octanol–water partition coefficient (Wildman–Crippen LogP) is 3.18. The molecule has 0 amide bonds. The zero-order valence-corrected chi connectivity index (χ0v) is 9.89. The zero-order chi connectivity index (χ0) is 10.7. The molecule has 1 N–H and O–H groups in total. The van der Waals surface area contributed by atoms with Crippen LogP contribution in [0.15, 0.2) is 22.7 Å². The molecule has 1 atom stereocenters. The minimum atomic E-state index is -0.239. The smallest absolute Gasteiger partial charge is 0.139 e. The van der Waals surface area contributed by atoms with E-state index < -0.39 is 0 Å². The molecule has 1 fully saturated rings. The lowest BCUT2D eigenvalue weighted by molar-refractivity contribution is 0.0876. The molecule has 0 bridgehead atoms. The normalized spacial score (nSPS) is 21.3. The third-order valence-electron chi connectivity index (χ3n) is 2.45. The van der Waals surface area contributed by atoms with Crippen molar-refractivity contribution in [1.82, 2.24) is 0 Å². The highest BCUT2D eigenvalue weighted by Crippen LogP contribution is 2.21. The van der Waals surface area contributed by atoms with Crippen LogP contribution in [-0.2, 0) is 4.74 Å². The predicted molar refractivity (Wildman–Crippen MR) is 61.6 cm³/mol. The largest absolute Gasteiger partial charge is 0.380 e. The van der Waals surface area contributed by atoms with Gasteiger partial charge >= 0.3 is 0 Å². The van der Waals surface area contributed by atoms with Crippen LogP contribution in [-0.4, -0.2) is 19.3 Å². The van der Waals surface area contributed by atoms with Gasteiger partial charge in [-0.25, -0.2) is 4.39 Å². The fraction of sp³-hybridized carbons (Fsp3) is 0.455. The zero-order valence-electron chi connectivity index (χ0n) is 8.30. The van der Waals surface area contributed by atoms with Crippen molar-refractivity contribution < 1.29 is 9.13 Å². The highest BCUT2D eigenvalue weighted by atomic mass is 79.9. The third-order valence-corrected chi connectivity index (χ3v) is 3.09. The van der Waals surface area contributed by atoms with Crippen molar-refractivity contribution in [3.8, 4) is 0 Å². The van der Waals surface area contributed by atoms with Gasteiger partial charge in [0.05, 0.1) is 11.1 Å². The molecule has 1 unspecified atom stereocenters. The minimum Gasteiger partial charge on any atom is -0.380 e. The fourth-order valence-corrected chi connectivity index (χ4v) is 1.92. The van der Waals surface area contributed by atoms with Gasteiger partial charge in [-0.2, -0.15) is 0 Å². The fourth-order valence-electron chi connectivity index (χ4n) is 1.68. The Labute approximate surface area is 96.9 Å². The first kappa shape index (κ1) is 10.9. The molecular weight excluding hydrogens is 261 g/mol. The molecule has 4 heteroatoms. The quantitative estimate of drug-likeness (QED) is 0.894. The molecule has 15 heavy (non-hydrogen) atoms. The lowest BCUT2D eigenvalue weighted by Gasteiger charge is -2.24. The van der Waals surface area contributed by atoms with Gasteiger partial charge in [-0.3, -0.25) is 0 Å². The van der Waals surface area contributed by atoms with Crippen molar-refractivity contribution in [2.24, 2.45) is 0 Å². The van der Waals surface area contributed by atoms with E-state index in [0.29, 0.717) is 17.1 Å². The van der Waals surface area contributed by atoms with Crippen LogP contribution >= 0.6 is 15.9 Å². The van der Waals surface area contributed by atoms with Crippen molar-refractivity contribution in [2.45, 2.75) is 18.9 Å². The number of nitrogens with one attached hydrogen (secondary N) is 1. The summed E-state index contributed by atoms with van der Waals surface area (Å²) in [5.74, 6) is -0.239. The lowest BCUT2D eigenvalue weighted by Crippen LogP contribution is -2.29. The summed E-state index contributed by atoms with van der Waals surface area (Å²) in [6.07, 6.45) is 2.15. The van der Waals surface area contributed by atoms with E-state index in [2.05, 4.69) is 21.2 Å². The van der Waals surface area contributed by atoms with E-state index in [1.54, 1.807) is 6.07 Å². The first-order valence-electron chi connectivity index (χ1n) is 5.05. The van der Waals surface area contributed by atoms with Crippen molar-refractivity contribution in [1.29, 1.82) is 0 Å². The Kier molecular flexibility index (Phi) is 3.59. The van der Waals surface area contributed by atoms with E-state index in [9.17, 15) is 4.39 Å². The summed E-state index contributed by atoms with van der Waals surface area (Å²) < 4.78 is 19.1. The van der Waals surface area contributed by atoms with Crippen LogP contribution in [0.4, 0.5) is 10.1 Å². The van der Waals surface area contributed by atoms with Crippen LogP contribution in [0.2, 0.25) is 0 Å². The Morgan fingerprint density at radius 1 is 1.47 bits per heavy atom. The van der Waals surface area contributed by atoms with Crippen LogP contribution in [0.25, 0.3) is 0 Å². The van der Waals surface area contributed by atoms with E-state index in [4.69, 9.17) is 4.74 Å². The molecule has 0 radical (unpaired) electrons. The van der Waals surface area contributed by atoms with Crippen molar-refractivity contribution in [3.63, 3.8) is 0 Å². The second-order valence-electron chi connectivity index (χ2n) is 3.69. The van der Waals surface area contributed by atoms with E-state index >= 15 is 0 Å². The summed E-state index contributed by atoms with van der Waals surface area (Å²) in [6.45, 7) is 1.55. The van der Waals surface area contributed by atoms with Gasteiger partial charge in [-0.15, -0.1) is 0 Å². The topological polar surface area (TPSA) is 21.3 Å². The molecule has 1 heterocycles. The third kappa shape index (κ3) is 2.92. The van der Waals surface area contributed by atoms with Crippen molar-refractivity contribution in [2.75, 3.05) is 18.5 Å². The summed E-state index contributed by atoms with van der Waals surface area (Å²) in [5.41, 5.74) is 0.811. The Bertz CT molecular complexity index is 339. The molecule has 2 rings (SSSR count). The Morgan fingerprint density at radius 3 is 3.00 bits per heavy atom. The number of rotatable bonds is 2. The number of halogens is 2. The molecule has 1 aliphatic rings. The van der Waals surface area contributed by atoms with Crippen LogP contribution in [0.5, 0.6) is 0 Å². The van der Waals surface area contributed by atoms with Gasteiger partial charge < -0.3 is 10.1 Å². The van der Waals surface area contributed by atoms with E-state index in [1.807, 2.05) is 6.07 Å². The SMILES string of the molecule is Fc1cc(NC2CCCOC2)ccc1Br. The maximum Gasteiger partial charge on any atom is 0.139 e. The second-order valence-corrected chi connectivity index (χ2v) is 4.54. The van der Waals surface area contributed by atoms with Crippen LogP contribution in [0.3, 0.4) is 0 Å². The summed E-state index contributed by atoms with van der Waals surface area (Å²) in [4.78, 5) is 0. The average molecular weight is 274 g/mol. The summed E-state index contributed by atoms with van der Waals surface area (Å²) >= 11 is 3.13. The van der Waals surface area contributed by atoms with Gasteiger partial charge in [0.2, 0.25) is 0 Å². The molecule has 1 saturated heterocycles. The standard InChI is InChI=1S/C11H13BrFNO/c12-10-4-3-8(6-11(10)13)14-9-2-1-5-15-7-9/h3-4,6,9,14H,1-2,5,7H2. The first-order chi connectivity index (χ1) is 7.25.